The lowest BCUT2D eigenvalue weighted by Crippen LogP contribution is -2.22. The van der Waals surface area contributed by atoms with E-state index >= 15 is 0 Å². The molecule has 1 aromatic heterocycles. The number of carbonyl (C=O) groups is 1. The van der Waals surface area contributed by atoms with Gasteiger partial charge in [0.1, 0.15) is 0 Å². The minimum atomic E-state index is -0.378. The molecular weight excluding hydrogens is 403 g/mol. The summed E-state index contributed by atoms with van der Waals surface area (Å²) < 4.78 is 1.88. The molecule has 3 rings (SSSR count). The van der Waals surface area contributed by atoms with Crippen LogP contribution in [-0.2, 0) is 11.8 Å². The van der Waals surface area contributed by atoms with E-state index in [9.17, 15) is 4.79 Å². The molecule has 0 aliphatic heterocycles. The van der Waals surface area contributed by atoms with Gasteiger partial charge in [0.25, 0.3) is 0 Å². The highest BCUT2D eigenvalue weighted by Crippen LogP contribution is 2.27. The fourth-order valence-corrected chi connectivity index (χ4v) is 3.79. The Morgan fingerprint density at radius 1 is 1.11 bits per heavy atom. The number of anilines is 1. The molecule has 1 N–H and O–H groups in total. The molecule has 0 saturated heterocycles. The molecule has 1 amide bonds. The molecule has 27 heavy (non-hydrogen) atoms. The second-order valence-electron chi connectivity index (χ2n) is 6.14. The molecule has 0 aliphatic rings. The van der Waals surface area contributed by atoms with Crippen molar-refractivity contribution in [3.8, 4) is 11.4 Å². The number of rotatable bonds is 5. The molecule has 0 saturated carbocycles. The maximum absolute atomic E-state index is 12.5. The van der Waals surface area contributed by atoms with Crippen molar-refractivity contribution < 1.29 is 4.79 Å². The quantitative estimate of drug-likeness (QED) is 0.574. The number of aryl methyl sites for hydroxylation is 1. The topological polar surface area (TPSA) is 59.8 Å². The number of nitrogens with zero attached hydrogens (tertiary/aromatic N) is 3. The number of nitrogens with one attached hydrogen (secondary N) is 1. The van der Waals surface area contributed by atoms with Crippen LogP contribution in [0.1, 0.15) is 12.5 Å². The number of carbonyl (C=O) groups excluding carboxylic acids is 1. The zero-order valence-electron chi connectivity index (χ0n) is 15.0. The molecule has 1 unspecified atom stereocenters. The normalized spacial score (nSPS) is 12.0. The third-order valence-corrected chi connectivity index (χ3v) is 5.50. The van der Waals surface area contributed by atoms with Crippen molar-refractivity contribution >= 4 is 46.6 Å². The largest absolute Gasteiger partial charge is 0.325 e. The number of amides is 1. The predicted molar refractivity (Wildman–Crippen MR) is 112 cm³/mol. The van der Waals surface area contributed by atoms with Gasteiger partial charge >= 0.3 is 0 Å². The van der Waals surface area contributed by atoms with Gasteiger partial charge in [-0.25, -0.2) is 0 Å². The summed E-state index contributed by atoms with van der Waals surface area (Å²) in [4.78, 5) is 12.5. The summed E-state index contributed by atoms with van der Waals surface area (Å²) in [6.45, 7) is 3.85. The van der Waals surface area contributed by atoms with Crippen LogP contribution in [-0.4, -0.2) is 25.9 Å². The minimum Gasteiger partial charge on any atom is -0.325 e. The van der Waals surface area contributed by atoms with E-state index in [0.29, 0.717) is 20.9 Å². The Labute approximate surface area is 172 Å². The lowest BCUT2D eigenvalue weighted by Gasteiger charge is -2.12. The molecule has 140 valence electrons. The van der Waals surface area contributed by atoms with E-state index in [2.05, 4.69) is 15.5 Å². The standard InChI is InChI=1S/C19H18Cl2N4OS/c1-11-4-6-13(7-5-11)17-23-24-19(25(17)3)27-12(2)18(26)22-16-9-14(20)8-15(21)10-16/h4-10,12H,1-3H3,(H,22,26). The first-order chi connectivity index (χ1) is 12.8. The maximum atomic E-state index is 12.5. The van der Waals surface area contributed by atoms with Gasteiger partial charge in [-0.05, 0) is 32.0 Å². The zero-order valence-corrected chi connectivity index (χ0v) is 17.4. The third-order valence-electron chi connectivity index (χ3n) is 3.93. The average Bonchev–Trinajstić information content (AvgIpc) is 2.95. The Morgan fingerprint density at radius 2 is 1.74 bits per heavy atom. The molecule has 5 nitrogen and oxygen atoms in total. The summed E-state index contributed by atoms with van der Waals surface area (Å²) in [6, 6.07) is 13.0. The molecule has 1 atom stereocenters. The summed E-state index contributed by atoms with van der Waals surface area (Å²) in [5.74, 6) is 0.588. The minimum absolute atomic E-state index is 0.168. The monoisotopic (exact) mass is 420 g/mol. The van der Waals surface area contributed by atoms with Crippen molar-refractivity contribution in [2.75, 3.05) is 5.32 Å². The molecule has 1 heterocycles. The van der Waals surface area contributed by atoms with Crippen molar-refractivity contribution in [3.05, 3.63) is 58.1 Å². The van der Waals surface area contributed by atoms with E-state index in [4.69, 9.17) is 23.2 Å². The number of benzene rings is 2. The second-order valence-corrected chi connectivity index (χ2v) is 8.32. The number of thioether (sulfide) groups is 1. The van der Waals surface area contributed by atoms with Gasteiger partial charge in [0, 0.05) is 28.3 Å². The van der Waals surface area contributed by atoms with Crippen LogP contribution in [0.4, 0.5) is 5.69 Å². The molecule has 0 bridgehead atoms. The predicted octanol–water partition coefficient (Wildman–Crippen LogP) is 5.22. The third kappa shape index (κ3) is 4.83. The highest BCUT2D eigenvalue weighted by molar-refractivity contribution is 8.00. The van der Waals surface area contributed by atoms with Gasteiger partial charge in [-0.2, -0.15) is 0 Å². The Hall–Kier alpha value is -2.02. The van der Waals surface area contributed by atoms with E-state index in [1.165, 1.54) is 17.3 Å². The van der Waals surface area contributed by atoms with Gasteiger partial charge in [0.05, 0.1) is 5.25 Å². The number of aromatic nitrogens is 3. The average molecular weight is 421 g/mol. The highest BCUT2D eigenvalue weighted by atomic mass is 35.5. The summed E-state index contributed by atoms with van der Waals surface area (Å²) in [5, 5.41) is 12.5. The Kier molecular flexibility index (Phi) is 6.09. The van der Waals surface area contributed by atoms with E-state index in [1.54, 1.807) is 18.2 Å². The summed E-state index contributed by atoms with van der Waals surface area (Å²) in [5.41, 5.74) is 2.72. The lowest BCUT2D eigenvalue weighted by atomic mass is 10.1. The number of hydrogen-bond acceptors (Lipinski definition) is 4. The summed E-state index contributed by atoms with van der Waals surface area (Å²) >= 11 is 13.3. The zero-order chi connectivity index (χ0) is 19.6. The Balaban J connectivity index is 1.71. The molecule has 3 aromatic rings. The Morgan fingerprint density at radius 3 is 2.37 bits per heavy atom. The molecule has 2 aromatic carbocycles. The molecule has 0 spiro atoms. The fourth-order valence-electron chi connectivity index (χ4n) is 2.45. The van der Waals surface area contributed by atoms with Crippen LogP contribution in [0.15, 0.2) is 47.6 Å². The van der Waals surface area contributed by atoms with Crippen LogP contribution in [0.5, 0.6) is 0 Å². The van der Waals surface area contributed by atoms with Crippen LogP contribution >= 0.6 is 35.0 Å². The molecule has 0 aliphatic carbocycles. The SMILES string of the molecule is Cc1ccc(-c2nnc(SC(C)C(=O)Nc3cc(Cl)cc(Cl)c3)n2C)cc1. The Bertz CT molecular complexity index is 952. The summed E-state index contributed by atoms with van der Waals surface area (Å²) in [6.07, 6.45) is 0. The summed E-state index contributed by atoms with van der Waals surface area (Å²) in [7, 11) is 1.89. The van der Waals surface area contributed by atoms with Gasteiger partial charge in [0.2, 0.25) is 5.91 Å². The fraction of sp³-hybridized carbons (Fsp3) is 0.211. The maximum Gasteiger partial charge on any atom is 0.237 e. The number of hydrogen-bond donors (Lipinski definition) is 1. The number of halogens is 2. The van der Waals surface area contributed by atoms with Crippen LogP contribution in [0, 0.1) is 6.92 Å². The van der Waals surface area contributed by atoms with Gasteiger partial charge in [0.15, 0.2) is 11.0 Å². The van der Waals surface area contributed by atoms with Gasteiger partial charge in [-0.3, -0.25) is 4.79 Å². The van der Waals surface area contributed by atoms with Crippen molar-refractivity contribution in [2.45, 2.75) is 24.3 Å². The van der Waals surface area contributed by atoms with Gasteiger partial charge < -0.3 is 9.88 Å². The van der Waals surface area contributed by atoms with E-state index in [1.807, 2.05) is 49.7 Å². The van der Waals surface area contributed by atoms with Gasteiger partial charge in [-0.1, -0.05) is 64.8 Å². The van der Waals surface area contributed by atoms with Crippen LogP contribution in [0.2, 0.25) is 10.0 Å². The van der Waals surface area contributed by atoms with E-state index < -0.39 is 0 Å². The van der Waals surface area contributed by atoms with Crippen molar-refractivity contribution in [2.24, 2.45) is 7.05 Å². The first-order valence-corrected chi connectivity index (χ1v) is 9.87. The first-order valence-electron chi connectivity index (χ1n) is 8.23. The molecule has 0 radical (unpaired) electrons. The van der Waals surface area contributed by atoms with E-state index in [-0.39, 0.29) is 11.2 Å². The highest BCUT2D eigenvalue weighted by Gasteiger charge is 2.19. The van der Waals surface area contributed by atoms with Crippen molar-refractivity contribution in [1.82, 2.24) is 14.8 Å². The van der Waals surface area contributed by atoms with Crippen LogP contribution in [0.25, 0.3) is 11.4 Å². The smallest absolute Gasteiger partial charge is 0.237 e. The molecule has 8 heteroatoms. The lowest BCUT2D eigenvalue weighted by molar-refractivity contribution is -0.115. The van der Waals surface area contributed by atoms with Crippen LogP contribution in [0.3, 0.4) is 0 Å². The van der Waals surface area contributed by atoms with Crippen molar-refractivity contribution in [1.29, 1.82) is 0 Å². The van der Waals surface area contributed by atoms with E-state index in [0.717, 1.165) is 11.4 Å². The van der Waals surface area contributed by atoms with Crippen LogP contribution < -0.4 is 5.32 Å². The second kappa shape index (κ2) is 8.33. The first kappa shape index (κ1) is 19.7. The van der Waals surface area contributed by atoms with Gasteiger partial charge in [-0.15, -0.1) is 10.2 Å². The molecule has 0 fully saturated rings. The molecular formula is C19H18Cl2N4OS. The van der Waals surface area contributed by atoms with Crippen molar-refractivity contribution in [3.63, 3.8) is 0 Å².